The van der Waals surface area contributed by atoms with Crippen LogP contribution >= 0.6 is 38.9 Å². The van der Waals surface area contributed by atoms with E-state index in [1.165, 1.54) is 0 Å². The fourth-order valence-electron chi connectivity index (χ4n) is 2.29. The van der Waals surface area contributed by atoms with Crippen molar-refractivity contribution < 1.29 is 4.79 Å². The van der Waals surface area contributed by atoms with Gasteiger partial charge in [0.2, 0.25) is 5.91 Å². The van der Waals surface area contributed by atoms with E-state index in [0.29, 0.717) is 6.42 Å². The van der Waals surface area contributed by atoms with E-state index in [1.54, 1.807) is 16.2 Å². The first-order valence-corrected chi connectivity index (χ1v) is 8.01. The smallest absolute Gasteiger partial charge is 0.231 e. The Morgan fingerprint density at radius 2 is 2.21 bits per heavy atom. The second-order valence-electron chi connectivity index (χ2n) is 4.51. The largest absolute Gasteiger partial charge is 0.315 e. The maximum atomic E-state index is 11.7. The van der Waals surface area contributed by atoms with Gasteiger partial charge in [0.1, 0.15) is 0 Å². The van der Waals surface area contributed by atoms with Crippen LogP contribution in [0.3, 0.4) is 0 Å². The Labute approximate surface area is 129 Å². The van der Waals surface area contributed by atoms with Gasteiger partial charge in [-0.2, -0.15) is 0 Å². The van der Waals surface area contributed by atoms with Crippen LogP contribution in [0.2, 0.25) is 5.02 Å². The minimum Gasteiger partial charge on any atom is -0.315 e. The van der Waals surface area contributed by atoms with Crippen molar-refractivity contribution in [3.8, 4) is 0 Å². The lowest BCUT2D eigenvalue weighted by atomic mass is 10.1. The highest BCUT2D eigenvalue weighted by atomic mass is 79.9. The van der Waals surface area contributed by atoms with E-state index < -0.39 is 0 Å². The highest BCUT2D eigenvalue weighted by Gasteiger charge is 2.25. The van der Waals surface area contributed by atoms with Crippen LogP contribution in [0.1, 0.15) is 20.8 Å². The molecule has 0 saturated carbocycles. The zero-order valence-electron chi connectivity index (χ0n) is 10.2. The molecule has 5 heteroatoms. The molecule has 0 radical (unpaired) electrons. The Balaban J connectivity index is 1.98. The first-order valence-electron chi connectivity index (χ1n) is 5.84. The molecule has 0 spiro atoms. The Hall–Kier alpha value is -0.840. The molecule has 0 fully saturated rings. The van der Waals surface area contributed by atoms with E-state index in [1.807, 2.05) is 30.6 Å². The lowest BCUT2D eigenvalue weighted by Crippen LogP contribution is -2.20. The minimum atomic E-state index is 0.0753. The molecule has 2 heterocycles. The minimum absolute atomic E-state index is 0.0753. The third-order valence-corrected chi connectivity index (χ3v) is 6.06. The van der Waals surface area contributed by atoms with Crippen LogP contribution in [0, 0.1) is 0 Å². The van der Waals surface area contributed by atoms with Crippen LogP contribution in [-0.4, -0.2) is 13.0 Å². The number of likely N-dealkylation sites (N-methyl/N-ethyl adjacent to an activating group) is 1. The van der Waals surface area contributed by atoms with Crippen molar-refractivity contribution in [3.63, 3.8) is 0 Å². The molecule has 0 N–H and O–H groups in total. The zero-order chi connectivity index (χ0) is 13.6. The molecule has 2 aromatic rings. The quantitative estimate of drug-likeness (QED) is 0.730. The monoisotopic (exact) mass is 355 g/mol. The molecule has 3 rings (SSSR count). The number of benzene rings is 1. The van der Waals surface area contributed by atoms with Crippen molar-refractivity contribution in [3.05, 3.63) is 50.7 Å². The molecule has 1 atom stereocenters. The summed E-state index contributed by atoms with van der Waals surface area (Å²) in [6, 6.07) is 8.04. The zero-order valence-corrected chi connectivity index (χ0v) is 13.3. The van der Waals surface area contributed by atoms with E-state index in [9.17, 15) is 4.79 Å². The number of carbonyl (C=O) groups excluding carboxylic acids is 1. The van der Waals surface area contributed by atoms with Crippen LogP contribution in [0.15, 0.2) is 29.6 Å². The van der Waals surface area contributed by atoms with E-state index in [0.717, 1.165) is 26.7 Å². The lowest BCUT2D eigenvalue weighted by molar-refractivity contribution is -0.117. The third kappa shape index (κ3) is 2.22. The first-order chi connectivity index (χ1) is 9.08. The number of hydrogen-bond acceptors (Lipinski definition) is 2. The number of thiophene rings is 1. The maximum absolute atomic E-state index is 11.7. The lowest BCUT2D eigenvalue weighted by Gasteiger charge is -2.13. The molecule has 98 valence electrons. The van der Waals surface area contributed by atoms with Crippen LogP contribution in [0.4, 0.5) is 5.69 Å². The number of nitrogens with zero attached hydrogens (tertiary/aromatic N) is 1. The number of fused-ring (bicyclic) bond motifs is 1. The van der Waals surface area contributed by atoms with Gasteiger partial charge in [-0.25, -0.2) is 0 Å². The standard InChI is InChI=1S/C14H11BrClNOS/c1-17-11-3-2-8(6-9(11)7-12(17)18)13(15)14-10(16)4-5-19-14/h2-6,13H,7H2,1H3. The molecule has 2 nitrogen and oxygen atoms in total. The van der Waals surface area contributed by atoms with Crippen LogP contribution in [-0.2, 0) is 11.2 Å². The van der Waals surface area contributed by atoms with Gasteiger partial charge in [0, 0.05) is 17.6 Å². The van der Waals surface area contributed by atoms with E-state index >= 15 is 0 Å². The molecular weight excluding hydrogens is 346 g/mol. The summed E-state index contributed by atoms with van der Waals surface area (Å²) in [6.45, 7) is 0. The Morgan fingerprint density at radius 3 is 2.89 bits per heavy atom. The second kappa shape index (κ2) is 4.93. The molecule has 1 unspecified atom stereocenters. The van der Waals surface area contributed by atoms with Gasteiger partial charge >= 0.3 is 0 Å². The Bertz CT molecular complexity index is 655. The average Bonchev–Trinajstić information content (AvgIpc) is 2.93. The molecule has 0 aliphatic carbocycles. The Kier molecular flexibility index (Phi) is 3.41. The van der Waals surface area contributed by atoms with Crippen LogP contribution < -0.4 is 4.90 Å². The van der Waals surface area contributed by atoms with Gasteiger partial charge in [-0.3, -0.25) is 4.79 Å². The van der Waals surface area contributed by atoms with Crippen molar-refractivity contribution >= 4 is 50.5 Å². The van der Waals surface area contributed by atoms with Crippen molar-refractivity contribution in [2.45, 2.75) is 11.2 Å². The first kappa shape index (κ1) is 13.2. The van der Waals surface area contributed by atoms with Crippen LogP contribution in [0.5, 0.6) is 0 Å². The molecule has 0 saturated heterocycles. The van der Waals surface area contributed by atoms with Crippen molar-refractivity contribution in [1.82, 2.24) is 0 Å². The average molecular weight is 357 g/mol. The predicted molar refractivity (Wildman–Crippen MR) is 83.7 cm³/mol. The maximum Gasteiger partial charge on any atom is 0.231 e. The fraction of sp³-hybridized carbons (Fsp3) is 0.214. The molecule has 1 amide bonds. The summed E-state index contributed by atoms with van der Waals surface area (Å²) < 4.78 is 0. The van der Waals surface area contributed by atoms with Crippen molar-refractivity contribution in [1.29, 1.82) is 0 Å². The number of anilines is 1. The number of rotatable bonds is 2. The molecule has 1 aromatic heterocycles. The summed E-state index contributed by atoms with van der Waals surface area (Å²) in [6.07, 6.45) is 0.484. The van der Waals surface area contributed by atoms with Gasteiger partial charge in [-0.1, -0.05) is 39.7 Å². The molecule has 1 aliphatic rings. The van der Waals surface area contributed by atoms with Gasteiger partial charge in [0.05, 0.1) is 16.3 Å². The Morgan fingerprint density at radius 1 is 1.42 bits per heavy atom. The van der Waals surface area contributed by atoms with Crippen molar-refractivity contribution in [2.75, 3.05) is 11.9 Å². The molecule has 1 aromatic carbocycles. The second-order valence-corrected chi connectivity index (χ2v) is 6.78. The molecule has 0 bridgehead atoms. The highest BCUT2D eigenvalue weighted by Crippen LogP contribution is 2.40. The number of hydrogen-bond donors (Lipinski definition) is 0. The predicted octanol–water partition coefficient (Wildman–Crippen LogP) is 4.40. The number of carbonyl (C=O) groups is 1. The topological polar surface area (TPSA) is 20.3 Å². The van der Waals surface area contributed by atoms with Gasteiger partial charge < -0.3 is 4.90 Å². The summed E-state index contributed by atoms with van der Waals surface area (Å²) in [7, 11) is 1.82. The number of alkyl halides is 1. The third-order valence-electron chi connectivity index (χ3n) is 3.35. The highest BCUT2D eigenvalue weighted by molar-refractivity contribution is 9.09. The van der Waals surface area contributed by atoms with Crippen LogP contribution in [0.25, 0.3) is 0 Å². The summed E-state index contributed by atoms with van der Waals surface area (Å²) in [4.78, 5) is 14.6. The van der Waals surface area contributed by atoms with Crippen molar-refractivity contribution in [2.24, 2.45) is 0 Å². The summed E-state index contributed by atoms with van der Waals surface area (Å²) in [5, 5.41) is 2.76. The fourth-order valence-corrected chi connectivity index (χ4v) is 4.44. The number of halogens is 2. The molecular formula is C14H11BrClNOS. The summed E-state index contributed by atoms with van der Waals surface area (Å²) in [5.74, 6) is 0.146. The van der Waals surface area contributed by atoms with Gasteiger partial charge in [-0.05, 0) is 28.6 Å². The summed E-state index contributed by atoms with van der Waals surface area (Å²) in [5.41, 5.74) is 3.22. The van der Waals surface area contributed by atoms with E-state index in [2.05, 4.69) is 22.0 Å². The van der Waals surface area contributed by atoms with E-state index in [4.69, 9.17) is 11.6 Å². The molecule has 19 heavy (non-hydrogen) atoms. The van der Waals surface area contributed by atoms with E-state index in [-0.39, 0.29) is 10.7 Å². The normalized spacial score (nSPS) is 15.7. The molecule has 1 aliphatic heterocycles. The number of amides is 1. The summed E-state index contributed by atoms with van der Waals surface area (Å²) >= 11 is 11.5. The van der Waals surface area contributed by atoms with Gasteiger partial charge in [0.15, 0.2) is 0 Å². The SMILES string of the molecule is CN1C(=O)Cc2cc(C(Br)c3sccc3Cl)ccc21. The van der Waals surface area contributed by atoms with Gasteiger partial charge in [0.25, 0.3) is 0 Å². The van der Waals surface area contributed by atoms with Gasteiger partial charge in [-0.15, -0.1) is 11.3 Å².